The topological polar surface area (TPSA) is 38.3 Å². The number of hydrogen-bond donors (Lipinski definition) is 1. The summed E-state index contributed by atoms with van der Waals surface area (Å²) in [7, 11) is 1.47. The molecule has 0 aromatic heterocycles. The van der Waals surface area contributed by atoms with Crippen molar-refractivity contribution in [2.75, 3.05) is 7.11 Å². The number of hydrogen-bond acceptors (Lipinski definition) is 3. The summed E-state index contributed by atoms with van der Waals surface area (Å²) in [6, 6.07) is 8.44. The largest absolute Gasteiger partial charge is 0.467 e. The second kappa shape index (κ2) is 7.08. The van der Waals surface area contributed by atoms with Crippen molar-refractivity contribution in [3.63, 3.8) is 0 Å². The molecule has 116 valence electrons. The van der Waals surface area contributed by atoms with Gasteiger partial charge in [-0.3, -0.25) is 5.32 Å². The highest BCUT2D eigenvalue weighted by molar-refractivity contribution is 5.82. The summed E-state index contributed by atoms with van der Waals surface area (Å²) in [4.78, 5) is 12.5. The number of nitrogens with one attached hydrogen (secondary N) is 1. The van der Waals surface area contributed by atoms with E-state index in [1.54, 1.807) is 0 Å². The van der Waals surface area contributed by atoms with Crippen LogP contribution in [0.1, 0.15) is 56.6 Å². The van der Waals surface area contributed by atoms with E-state index in [0.29, 0.717) is 6.04 Å². The van der Waals surface area contributed by atoms with Crippen LogP contribution in [0.25, 0.3) is 0 Å². The molecule has 1 unspecified atom stereocenters. The van der Waals surface area contributed by atoms with Crippen molar-refractivity contribution in [3.8, 4) is 0 Å². The predicted octanol–water partition coefficient (Wildman–Crippen LogP) is 3.70. The van der Waals surface area contributed by atoms with Crippen molar-refractivity contribution in [1.82, 2.24) is 5.32 Å². The number of aryl methyl sites for hydroxylation is 1. The Bertz CT molecular complexity index is 478. The normalized spacial score (nSPS) is 19.6. The van der Waals surface area contributed by atoms with Gasteiger partial charge in [0, 0.05) is 6.04 Å². The Morgan fingerprint density at radius 3 is 2.38 bits per heavy atom. The molecular formula is C18H27NO2. The van der Waals surface area contributed by atoms with E-state index in [1.165, 1.54) is 32.8 Å². The quantitative estimate of drug-likeness (QED) is 0.678. The fourth-order valence-electron chi connectivity index (χ4n) is 3.42. The van der Waals surface area contributed by atoms with Crippen molar-refractivity contribution in [1.29, 1.82) is 0 Å². The summed E-state index contributed by atoms with van der Waals surface area (Å²) in [6.45, 7) is 4.00. The molecule has 1 aliphatic carbocycles. The van der Waals surface area contributed by atoms with Gasteiger partial charge in [0.1, 0.15) is 5.54 Å². The lowest BCUT2D eigenvalue weighted by Crippen LogP contribution is -2.52. The minimum Gasteiger partial charge on any atom is -0.467 e. The van der Waals surface area contributed by atoms with Crippen LogP contribution in [0.5, 0.6) is 0 Å². The van der Waals surface area contributed by atoms with Gasteiger partial charge in [-0.05, 0) is 37.8 Å². The minimum absolute atomic E-state index is 0.207. The molecule has 2 rings (SSSR count). The molecule has 1 N–H and O–H groups in total. The number of benzene rings is 1. The predicted molar refractivity (Wildman–Crippen MR) is 85.2 cm³/mol. The number of carbonyl (C=O) groups excluding carboxylic acids is 1. The summed E-state index contributed by atoms with van der Waals surface area (Å²) in [5, 5.41) is 3.61. The second-order valence-corrected chi connectivity index (χ2v) is 6.26. The smallest absolute Gasteiger partial charge is 0.330 e. The number of esters is 1. The van der Waals surface area contributed by atoms with E-state index in [4.69, 9.17) is 4.74 Å². The van der Waals surface area contributed by atoms with Gasteiger partial charge in [-0.25, -0.2) is 4.79 Å². The van der Waals surface area contributed by atoms with E-state index in [9.17, 15) is 4.79 Å². The lowest BCUT2D eigenvalue weighted by Gasteiger charge is -2.34. The van der Waals surface area contributed by atoms with E-state index in [0.717, 1.165) is 24.0 Å². The first-order chi connectivity index (χ1) is 10.1. The van der Waals surface area contributed by atoms with Gasteiger partial charge in [0.15, 0.2) is 0 Å². The van der Waals surface area contributed by atoms with E-state index in [2.05, 4.69) is 5.32 Å². The molecule has 1 aliphatic rings. The Labute approximate surface area is 128 Å². The van der Waals surface area contributed by atoms with Crippen LogP contribution in [0, 0.1) is 6.92 Å². The summed E-state index contributed by atoms with van der Waals surface area (Å²) >= 11 is 0. The van der Waals surface area contributed by atoms with Crippen molar-refractivity contribution in [2.45, 2.75) is 64.0 Å². The molecule has 0 heterocycles. The molecular weight excluding hydrogens is 262 g/mol. The summed E-state index contributed by atoms with van der Waals surface area (Å²) in [5.74, 6) is -0.207. The molecule has 3 heteroatoms. The highest BCUT2D eigenvalue weighted by Crippen LogP contribution is 2.29. The van der Waals surface area contributed by atoms with E-state index in [-0.39, 0.29) is 5.97 Å². The molecule has 0 amide bonds. The van der Waals surface area contributed by atoms with Crippen molar-refractivity contribution < 1.29 is 9.53 Å². The molecule has 1 fully saturated rings. The van der Waals surface area contributed by atoms with Crippen LogP contribution < -0.4 is 5.32 Å². The van der Waals surface area contributed by atoms with Gasteiger partial charge in [0.2, 0.25) is 0 Å². The Balaban J connectivity index is 2.28. The first-order valence-corrected chi connectivity index (χ1v) is 8.00. The molecule has 1 atom stereocenters. The van der Waals surface area contributed by atoms with E-state index in [1.807, 2.05) is 38.1 Å². The van der Waals surface area contributed by atoms with Crippen molar-refractivity contribution in [3.05, 3.63) is 35.4 Å². The Hall–Kier alpha value is -1.35. The molecule has 1 aromatic carbocycles. The van der Waals surface area contributed by atoms with Crippen LogP contribution in [-0.2, 0) is 15.1 Å². The highest BCUT2D eigenvalue weighted by atomic mass is 16.5. The van der Waals surface area contributed by atoms with Crippen LogP contribution >= 0.6 is 0 Å². The third kappa shape index (κ3) is 3.65. The van der Waals surface area contributed by atoms with Gasteiger partial charge in [-0.2, -0.15) is 0 Å². The molecule has 0 saturated heterocycles. The zero-order valence-electron chi connectivity index (χ0n) is 13.4. The van der Waals surface area contributed by atoms with Gasteiger partial charge in [0.05, 0.1) is 7.11 Å². The van der Waals surface area contributed by atoms with Crippen LogP contribution in [0.15, 0.2) is 24.3 Å². The van der Waals surface area contributed by atoms with E-state index >= 15 is 0 Å². The summed E-state index contributed by atoms with van der Waals surface area (Å²) in [6.07, 6.45) is 7.36. The maximum absolute atomic E-state index is 12.5. The first-order valence-electron chi connectivity index (χ1n) is 8.00. The standard InChI is InChI=1S/C18H27NO2/c1-14-10-8-9-13-16(14)18(2,17(20)21-3)19-15-11-6-4-5-7-12-15/h8-10,13,15,19H,4-7,11-12H2,1-3H3. The molecule has 0 spiro atoms. The third-order valence-electron chi connectivity index (χ3n) is 4.63. The summed E-state index contributed by atoms with van der Waals surface area (Å²) in [5.41, 5.74) is 1.36. The SMILES string of the molecule is COC(=O)C(C)(NC1CCCCCC1)c1ccccc1C. The van der Waals surface area contributed by atoms with Gasteiger partial charge < -0.3 is 4.74 Å². The average molecular weight is 289 g/mol. The minimum atomic E-state index is -0.769. The Morgan fingerprint density at radius 2 is 1.81 bits per heavy atom. The van der Waals surface area contributed by atoms with Gasteiger partial charge in [-0.15, -0.1) is 0 Å². The molecule has 3 nitrogen and oxygen atoms in total. The van der Waals surface area contributed by atoms with Gasteiger partial charge in [-0.1, -0.05) is 49.9 Å². The zero-order chi connectivity index (χ0) is 15.3. The maximum Gasteiger partial charge on any atom is 0.330 e. The maximum atomic E-state index is 12.5. The average Bonchev–Trinajstić information content (AvgIpc) is 2.75. The monoisotopic (exact) mass is 289 g/mol. The molecule has 0 radical (unpaired) electrons. The first kappa shape index (κ1) is 16.0. The molecule has 0 aliphatic heterocycles. The summed E-state index contributed by atoms with van der Waals surface area (Å²) < 4.78 is 5.10. The highest BCUT2D eigenvalue weighted by Gasteiger charge is 2.39. The fourth-order valence-corrected chi connectivity index (χ4v) is 3.42. The van der Waals surface area contributed by atoms with Crippen molar-refractivity contribution >= 4 is 5.97 Å². The second-order valence-electron chi connectivity index (χ2n) is 6.26. The molecule has 21 heavy (non-hydrogen) atoms. The van der Waals surface area contributed by atoms with Gasteiger partial charge >= 0.3 is 5.97 Å². The molecule has 1 saturated carbocycles. The lowest BCUT2D eigenvalue weighted by atomic mass is 9.87. The number of ether oxygens (including phenoxy) is 1. The zero-order valence-corrected chi connectivity index (χ0v) is 13.4. The third-order valence-corrected chi connectivity index (χ3v) is 4.63. The number of carbonyl (C=O) groups is 1. The number of rotatable bonds is 4. The number of methoxy groups -OCH3 is 1. The lowest BCUT2D eigenvalue weighted by molar-refractivity contribution is -0.148. The Kier molecular flexibility index (Phi) is 5.40. The van der Waals surface area contributed by atoms with Crippen LogP contribution in [0.3, 0.4) is 0 Å². The van der Waals surface area contributed by atoms with Crippen LogP contribution in [0.2, 0.25) is 0 Å². The molecule has 0 bridgehead atoms. The fraction of sp³-hybridized carbons (Fsp3) is 0.611. The van der Waals surface area contributed by atoms with E-state index < -0.39 is 5.54 Å². The van der Waals surface area contributed by atoms with Gasteiger partial charge in [0.25, 0.3) is 0 Å². The van der Waals surface area contributed by atoms with Crippen molar-refractivity contribution in [2.24, 2.45) is 0 Å². The molecule has 1 aromatic rings. The van der Waals surface area contributed by atoms with Crippen LogP contribution in [-0.4, -0.2) is 19.1 Å². The Morgan fingerprint density at radius 1 is 1.19 bits per heavy atom. The van der Waals surface area contributed by atoms with Crippen LogP contribution in [0.4, 0.5) is 0 Å².